The van der Waals surface area contributed by atoms with E-state index in [1.807, 2.05) is 36.4 Å². The molecule has 0 radical (unpaired) electrons. The summed E-state index contributed by atoms with van der Waals surface area (Å²) in [6.45, 7) is 7.13. The number of rotatable bonds is 80. The first kappa shape index (κ1) is 91.2. The predicted molar refractivity (Wildman–Crippen MR) is 407 cm³/mol. The maximum Gasteiger partial charge on any atom is 0.587 e. The Morgan fingerprint density at radius 1 is 0.278 bits per heavy atom. The van der Waals surface area contributed by atoms with Gasteiger partial charge in [-0.05, 0) is 49.9 Å². The fourth-order valence-electron chi connectivity index (χ4n) is 12.7. The molecule has 13 nitrogen and oxygen atoms in total. The Morgan fingerprint density at radius 2 is 0.526 bits per heavy atom. The van der Waals surface area contributed by atoms with E-state index in [-0.39, 0.29) is 25.9 Å². The summed E-state index contributed by atoms with van der Waals surface area (Å²) in [5.41, 5.74) is 0. The van der Waals surface area contributed by atoms with Crippen molar-refractivity contribution in [3.63, 3.8) is 0 Å². The van der Waals surface area contributed by atoms with Crippen molar-refractivity contribution in [2.45, 2.75) is 398 Å². The van der Waals surface area contributed by atoms with Crippen LogP contribution in [0.3, 0.4) is 0 Å². The zero-order chi connectivity index (χ0) is 69.4. The molecule has 2 N–H and O–H groups in total. The second-order valence-electron chi connectivity index (χ2n) is 28.3. The number of phosphoric ester groups is 2. The van der Waals surface area contributed by atoms with Crippen molar-refractivity contribution in [3.05, 3.63) is 60.7 Å². The maximum atomic E-state index is 14.1. The Labute approximate surface area is 597 Å². The highest BCUT2D eigenvalue weighted by Gasteiger charge is 2.33. The number of para-hydroxylation sites is 2. The quantitative estimate of drug-likeness (QED) is 0.0279. The number of hydrogen-bond acceptors (Lipinski definition) is 11. The van der Waals surface area contributed by atoms with Crippen LogP contribution in [0, 0.1) is 0 Å². The molecular weight excluding hydrogens is 1250 g/mol. The van der Waals surface area contributed by atoms with Crippen molar-refractivity contribution in [1.82, 2.24) is 0 Å². The average molecular weight is 1410 g/mol. The van der Waals surface area contributed by atoms with E-state index >= 15 is 0 Å². The summed E-state index contributed by atoms with van der Waals surface area (Å²) >= 11 is 0. The van der Waals surface area contributed by atoms with Crippen LogP contribution in [0.25, 0.3) is 0 Å². The van der Waals surface area contributed by atoms with Gasteiger partial charge in [-0.15, -0.1) is 0 Å². The van der Waals surface area contributed by atoms with Gasteiger partial charge in [0.05, 0.1) is 26.4 Å². The van der Waals surface area contributed by atoms with Crippen molar-refractivity contribution >= 4 is 15.6 Å². The Hall–Kier alpha value is -1.86. The molecule has 0 spiro atoms. The first-order valence-electron chi connectivity index (χ1n) is 41.2. The highest BCUT2D eigenvalue weighted by atomic mass is 31.2. The zero-order valence-corrected chi connectivity index (χ0v) is 64.7. The number of unbranched alkanes of at least 4 members (excludes halogenated alkanes) is 55. The molecule has 0 saturated heterocycles. The van der Waals surface area contributed by atoms with E-state index in [1.54, 1.807) is 24.3 Å². The molecule has 568 valence electrons. The molecule has 0 bridgehead atoms. The topological polar surface area (TPSA) is 158 Å². The van der Waals surface area contributed by atoms with E-state index in [0.29, 0.717) is 44.5 Å². The second-order valence-corrected chi connectivity index (χ2v) is 31.1. The van der Waals surface area contributed by atoms with Gasteiger partial charge in [0.1, 0.15) is 30.3 Å². The van der Waals surface area contributed by atoms with Crippen LogP contribution in [0.5, 0.6) is 11.5 Å². The third-order valence-corrected chi connectivity index (χ3v) is 20.7. The second kappa shape index (κ2) is 71.1. The molecule has 0 amide bonds. The highest BCUT2D eigenvalue weighted by Crippen LogP contribution is 2.50. The van der Waals surface area contributed by atoms with Gasteiger partial charge in [0, 0.05) is 19.8 Å². The molecule has 0 unspecified atom stereocenters. The van der Waals surface area contributed by atoms with E-state index < -0.39 is 21.7 Å². The molecule has 0 heterocycles. The van der Waals surface area contributed by atoms with Gasteiger partial charge in [-0.25, -0.2) is 18.9 Å². The minimum atomic E-state index is -4.58. The van der Waals surface area contributed by atoms with Crippen LogP contribution in [0.2, 0.25) is 0 Å². The van der Waals surface area contributed by atoms with E-state index in [0.717, 1.165) is 44.9 Å². The zero-order valence-electron chi connectivity index (χ0n) is 62.9. The summed E-state index contributed by atoms with van der Waals surface area (Å²) in [6.07, 6.45) is 75.2. The molecule has 2 aromatic rings. The molecule has 2 rings (SSSR count). The lowest BCUT2D eigenvalue weighted by molar-refractivity contribution is -0.308. The normalized spacial score (nSPS) is 12.7. The van der Waals surface area contributed by atoms with Gasteiger partial charge in [0.15, 0.2) is 0 Å². The minimum Gasteiger partial charge on any atom is -0.395 e. The number of benzene rings is 2. The van der Waals surface area contributed by atoms with Crippen LogP contribution in [-0.2, 0) is 42.2 Å². The molecule has 2 aromatic carbocycles. The van der Waals surface area contributed by atoms with Gasteiger partial charge in [-0.2, -0.15) is 0 Å². The Morgan fingerprint density at radius 3 is 0.814 bits per heavy atom. The maximum absolute atomic E-state index is 14.1. The molecule has 0 aliphatic carbocycles. The number of hydrogen-bond donors (Lipinski definition) is 2. The van der Waals surface area contributed by atoms with Crippen molar-refractivity contribution in [2.75, 3.05) is 52.9 Å². The van der Waals surface area contributed by atoms with Crippen LogP contribution in [0.15, 0.2) is 60.7 Å². The molecule has 15 heteroatoms. The molecule has 0 saturated carbocycles. The molecule has 2 atom stereocenters. The molecule has 0 aliphatic heterocycles. The summed E-state index contributed by atoms with van der Waals surface area (Å²) in [6, 6.07) is 18.1. The van der Waals surface area contributed by atoms with E-state index in [1.165, 1.54) is 327 Å². The Kier molecular flexibility index (Phi) is 66.9. The summed E-state index contributed by atoms with van der Waals surface area (Å²) < 4.78 is 66.3. The first-order chi connectivity index (χ1) is 47.7. The summed E-state index contributed by atoms with van der Waals surface area (Å²) in [7, 11) is -8.62. The first-order valence-corrected chi connectivity index (χ1v) is 44.2. The Balaban J connectivity index is 1.37. The molecule has 97 heavy (non-hydrogen) atoms. The lowest BCUT2D eigenvalue weighted by Crippen LogP contribution is -2.27. The van der Waals surface area contributed by atoms with Gasteiger partial charge in [0.25, 0.3) is 0 Å². The highest BCUT2D eigenvalue weighted by molar-refractivity contribution is 7.49. The average Bonchev–Trinajstić information content (AvgIpc) is 1.12. The van der Waals surface area contributed by atoms with Gasteiger partial charge in [-0.3, -0.25) is 9.05 Å². The van der Waals surface area contributed by atoms with E-state index in [9.17, 15) is 18.9 Å². The van der Waals surface area contributed by atoms with Gasteiger partial charge < -0.3 is 33.0 Å². The standard InChI is InChI=1S/C82H152O13P2/c1-3-5-7-9-11-13-15-17-38-42-46-50-54-64-72-88-81(78-93-97(86,94-79-67-59-57-60-68-79)95-80-69-61-58-62-70-80)75-87-71-63-53-49-45-41-37-35-33-31-29-27-25-23-21-19-20-22-24-26-28-30-32-34-36-39-43-47-51-55-65-73-89-82(77-92-96(83,84)85)76-91-90-74-66-56-52-48-44-40-18-16-14-12-10-8-6-4-2/h57-62,67-70,81-82H,3-56,63-66,71-78H2,1-2H3,(H2,83,84,85)/t81-,82-/m0/s1. The van der Waals surface area contributed by atoms with Gasteiger partial charge >= 0.3 is 15.6 Å². The third kappa shape index (κ3) is 65.9. The van der Waals surface area contributed by atoms with Gasteiger partial charge in [0.2, 0.25) is 0 Å². The van der Waals surface area contributed by atoms with Crippen LogP contribution in [-0.4, -0.2) is 74.8 Å². The predicted octanol–water partition coefficient (Wildman–Crippen LogP) is 26.8. The Bertz CT molecular complexity index is 1920. The van der Waals surface area contributed by atoms with Crippen molar-refractivity contribution in [1.29, 1.82) is 0 Å². The van der Waals surface area contributed by atoms with E-state index in [4.69, 9.17) is 42.1 Å². The summed E-state index contributed by atoms with van der Waals surface area (Å²) in [4.78, 5) is 29.1. The fraction of sp³-hybridized carbons (Fsp3) is 0.854. The smallest absolute Gasteiger partial charge is 0.395 e. The van der Waals surface area contributed by atoms with Crippen LogP contribution in [0.1, 0.15) is 386 Å². The van der Waals surface area contributed by atoms with Crippen LogP contribution in [0.4, 0.5) is 0 Å². The van der Waals surface area contributed by atoms with Gasteiger partial charge in [-0.1, -0.05) is 397 Å². The SMILES string of the molecule is CCCCCCCCCCCCCCCCOOC[C@@H](COP(=O)(O)O)OCCCCCCCCCCCCCCCCCCCCCCCCCCCCCCCCOC[C@@H](COP(=O)(Oc1ccccc1)Oc1ccccc1)OCCCCCCCCCCCCCCCC. The molecule has 0 fully saturated rings. The molecule has 0 aromatic heterocycles. The lowest BCUT2D eigenvalue weighted by atomic mass is 10.0. The van der Waals surface area contributed by atoms with Crippen LogP contribution < -0.4 is 9.05 Å². The van der Waals surface area contributed by atoms with Crippen molar-refractivity contribution in [3.8, 4) is 11.5 Å². The summed E-state index contributed by atoms with van der Waals surface area (Å²) in [5, 5.41) is 0. The third-order valence-electron chi connectivity index (χ3n) is 18.9. The largest absolute Gasteiger partial charge is 0.587 e. The minimum absolute atomic E-state index is 0.0381. The lowest BCUT2D eigenvalue weighted by Gasteiger charge is -2.23. The number of phosphoric acid groups is 2. The van der Waals surface area contributed by atoms with Crippen molar-refractivity contribution in [2.24, 2.45) is 0 Å². The fourth-order valence-corrected chi connectivity index (χ4v) is 14.4. The molecule has 0 aliphatic rings. The monoisotopic (exact) mass is 1410 g/mol. The number of ether oxygens (including phenoxy) is 3. The summed E-state index contributed by atoms with van der Waals surface area (Å²) in [5.74, 6) is 0.833. The van der Waals surface area contributed by atoms with Crippen molar-refractivity contribution < 1.29 is 61.0 Å². The molecular formula is C82H152O13P2. The van der Waals surface area contributed by atoms with Crippen LogP contribution >= 0.6 is 15.6 Å². The van der Waals surface area contributed by atoms with E-state index in [2.05, 4.69) is 13.8 Å².